The second-order valence-electron chi connectivity index (χ2n) is 7.49. The number of rotatable bonds is 5. The molecule has 8 heteroatoms. The second-order valence-corrected chi connectivity index (χ2v) is 7.49. The lowest BCUT2D eigenvalue weighted by Crippen LogP contribution is -2.48. The van der Waals surface area contributed by atoms with Crippen LogP contribution in [0.4, 0.5) is 19.4 Å². The highest BCUT2D eigenvalue weighted by molar-refractivity contribution is 5.88. The molecule has 1 N–H and O–H groups in total. The van der Waals surface area contributed by atoms with E-state index in [0.717, 1.165) is 25.3 Å². The average molecular weight is 416 g/mol. The molecule has 0 unspecified atom stereocenters. The van der Waals surface area contributed by atoms with Crippen LogP contribution in [0.3, 0.4) is 0 Å². The van der Waals surface area contributed by atoms with Gasteiger partial charge in [0.1, 0.15) is 17.5 Å². The molecule has 6 nitrogen and oxygen atoms in total. The van der Waals surface area contributed by atoms with Crippen molar-refractivity contribution in [3.63, 3.8) is 0 Å². The van der Waals surface area contributed by atoms with E-state index in [1.807, 2.05) is 11.8 Å². The summed E-state index contributed by atoms with van der Waals surface area (Å²) in [7, 11) is 1.73. The lowest BCUT2D eigenvalue weighted by atomic mass is 10.0. The number of hydrogen-bond acceptors (Lipinski definition) is 3. The van der Waals surface area contributed by atoms with Crippen molar-refractivity contribution >= 4 is 17.8 Å². The van der Waals surface area contributed by atoms with Crippen LogP contribution in [-0.4, -0.2) is 52.9 Å². The molecule has 1 aromatic heterocycles. The number of urea groups is 1. The normalized spacial score (nSPS) is 14.5. The number of pyridine rings is 1. The Morgan fingerprint density at radius 3 is 2.37 bits per heavy atom. The fourth-order valence-corrected chi connectivity index (χ4v) is 3.60. The highest BCUT2D eigenvalue weighted by atomic mass is 19.1. The summed E-state index contributed by atoms with van der Waals surface area (Å²) in [6, 6.07) is 6.26. The van der Waals surface area contributed by atoms with Crippen molar-refractivity contribution < 1.29 is 18.4 Å². The summed E-state index contributed by atoms with van der Waals surface area (Å²) in [5, 5.41) is 2.74. The van der Waals surface area contributed by atoms with Gasteiger partial charge in [-0.3, -0.25) is 10.1 Å². The molecule has 2 heterocycles. The molecular weight excluding hydrogens is 390 g/mol. The van der Waals surface area contributed by atoms with Gasteiger partial charge < -0.3 is 9.80 Å². The zero-order valence-corrected chi connectivity index (χ0v) is 17.2. The van der Waals surface area contributed by atoms with E-state index < -0.39 is 11.6 Å². The number of halogens is 2. The van der Waals surface area contributed by atoms with Gasteiger partial charge in [-0.15, -0.1) is 0 Å². The molecule has 3 rings (SSSR count). The lowest BCUT2D eigenvalue weighted by Gasteiger charge is -2.36. The van der Waals surface area contributed by atoms with Gasteiger partial charge in [-0.1, -0.05) is 6.92 Å². The van der Waals surface area contributed by atoms with E-state index in [-0.39, 0.29) is 18.0 Å². The number of nitrogens with one attached hydrogen (secondary N) is 1. The van der Waals surface area contributed by atoms with Gasteiger partial charge in [-0.2, -0.15) is 0 Å². The number of likely N-dealkylation sites (tertiary alicyclic amines) is 1. The highest BCUT2D eigenvalue weighted by Crippen LogP contribution is 2.22. The van der Waals surface area contributed by atoms with Crippen molar-refractivity contribution in [2.75, 3.05) is 25.5 Å². The SMILES string of the molecule is CCCC(=O)N1CCC(N(C)C(=O)Nc2ccc(-c3cc(F)cc(F)c3)cn2)CC1. The summed E-state index contributed by atoms with van der Waals surface area (Å²) < 4.78 is 26.8. The van der Waals surface area contributed by atoms with Crippen molar-refractivity contribution in [2.45, 2.75) is 38.6 Å². The Bertz CT molecular complexity index is 876. The van der Waals surface area contributed by atoms with E-state index >= 15 is 0 Å². The van der Waals surface area contributed by atoms with E-state index in [4.69, 9.17) is 0 Å². The maximum atomic E-state index is 13.4. The van der Waals surface area contributed by atoms with Crippen molar-refractivity contribution in [1.82, 2.24) is 14.8 Å². The maximum absolute atomic E-state index is 13.4. The number of amides is 3. The average Bonchev–Trinajstić information content (AvgIpc) is 2.73. The predicted molar refractivity (Wildman–Crippen MR) is 111 cm³/mol. The minimum atomic E-state index is -0.661. The van der Waals surface area contributed by atoms with Crippen LogP contribution in [0.1, 0.15) is 32.6 Å². The van der Waals surface area contributed by atoms with Gasteiger partial charge >= 0.3 is 6.03 Å². The first-order valence-electron chi connectivity index (χ1n) is 10.1. The molecule has 3 amide bonds. The number of carbonyl (C=O) groups is 2. The van der Waals surface area contributed by atoms with Crippen molar-refractivity contribution in [3.8, 4) is 11.1 Å². The molecule has 0 bridgehead atoms. The zero-order valence-electron chi connectivity index (χ0n) is 17.2. The number of nitrogens with zero attached hydrogens (tertiary/aromatic N) is 3. The Morgan fingerprint density at radius 1 is 1.13 bits per heavy atom. The Hall–Kier alpha value is -3.03. The molecule has 1 aliphatic heterocycles. The van der Waals surface area contributed by atoms with Gasteiger partial charge in [-0.05, 0) is 49.1 Å². The van der Waals surface area contributed by atoms with Gasteiger partial charge in [0.15, 0.2) is 0 Å². The quantitative estimate of drug-likeness (QED) is 0.791. The lowest BCUT2D eigenvalue weighted by molar-refractivity contribution is -0.132. The van der Waals surface area contributed by atoms with Gasteiger partial charge in [-0.25, -0.2) is 18.6 Å². The largest absolute Gasteiger partial charge is 0.343 e. The Balaban J connectivity index is 1.56. The Kier molecular flexibility index (Phi) is 6.97. The van der Waals surface area contributed by atoms with Crippen LogP contribution in [0, 0.1) is 11.6 Å². The van der Waals surface area contributed by atoms with Crippen LogP contribution in [0.5, 0.6) is 0 Å². The molecule has 0 aliphatic carbocycles. The van der Waals surface area contributed by atoms with Crippen LogP contribution in [-0.2, 0) is 4.79 Å². The molecule has 160 valence electrons. The summed E-state index contributed by atoms with van der Waals surface area (Å²) in [5.74, 6) is -0.800. The van der Waals surface area contributed by atoms with Gasteiger partial charge in [0.2, 0.25) is 5.91 Å². The van der Waals surface area contributed by atoms with Gasteiger partial charge in [0, 0.05) is 50.4 Å². The van der Waals surface area contributed by atoms with Crippen LogP contribution in [0.25, 0.3) is 11.1 Å². The van der Waals surface area contributed by atoms with E-state index in [9.17, 15) is 18.4 Å². The standard InChI is InChI=1S/C22H26F2N4O2/c1-3-4-21(29)28-9-7-19(8-10-28)27(2)22(30)26-20-6-5-15(14-25-20)16-11-17(23)13-18(24)12-16/h5-6,11-14,19H,3-4,7-10H2,1-2H3,(H,25,26,30). The smallest absolute Gasteiger partial charge is 0.323 e. The van der Waals surface area contributed by atoms with E-state index in [0.29, 0.717) is 36.5 Å². The summed E-state index contributed by atoms with van der Waals surface area (Å²) in [6.07, 6.45) is 4.32. The van der Waals surface area contributed by atoms with Gasteiger partial charge in [0.25, 0.3) is 0 Å². The number of anilines is 1. The van der Waals surface area contributed by atoms with E-state index in [1.54, 1.807) is 24.1 Å². The predicted octanol–water partition coefficient (Wildman–Crippen LogP) is 4.28. The summed E-state index contributed by atoms with van der Waals surface area (Å²) >= 11 is 0. The number of aromatic nitrogens is 1. The second kappa shape index (κ2) is 9.65. The van der Waals surface area contributed by atoms with Crippen molar-refractivity contribution in [1.29, 1.82) is 0 Å². The molecule has 0 radical (unpaired) electrons. The molecule has 1 saturated heterocycles. The Labute approximate surface area is 174 Å². The van der Waals surface area contributed by atoms with Crippen molar-refractivity contribution in [3.05, 3.63) is 48.2 Å². The molecule has 30 heavy (non-hydrogen) atoms. The minimum absolute atomic E-state index is 0.0465. The fraction of sp³-hybridized carbons (Fsp3) is 0.409. The number of hydrogen-bond donors (Lipinski definition) is 1. The molecule has 0 atom stereocenters. The third kappa shape index (κ3) is 5.31. The molecule has 2 aromatic rings. The fourth-order valence-electron chi connectivity index (χ4n) is 3.60. The number of benzene rings is 1. The molecule has 0 spiro atoms. The summed E-state index contributed by atoms with van der Waals surface area (Å²) in [6.45, 7) is 3.29. The van der Waals surface area contributed by atoms with Crippen LogP contribution in [0.2, 0.25) is 0 Å². The van der Waals surface area contributed by atoms with Crippen LogP contribution < -0.4 is 5.32 Å². The monoisotopic (exact) mass is 416 g/mol. The van der Waals surface area contributed by atoms with Gasteiger partial charge in [0.05, 0.1) is 0 Å². The molecule has 1 aromatic carbocycles. The topological polar surface area (TPSA) is 65.5 Å². The maximum Gasteiger partial charge on any atom is 0.323 e. The highest BCUT2D eigenvalue weighted by Gasteiger charge is 2.27. The zero-order chi connectivity index (χ0) is 21.7. The third-order valence-corrected chi connectivity index (χ3v) is 5.34. The van der Waals surface area contributed by atoms with Crippen LogP contribution >= 0.6 is 0 Å². The van der Waals surface area contributed by atoms with E-state index in [2.05, 4.69) is 10.3 Å². The number of carbonyl (C=O) groups excluding carboxylic acids is 2. The summed E-state index contributed by atoms with van der Waals surface area (Å²) in [4.78, 5) is 32.3. The third-order valence-electron chi connectivity index (χ3n) is 5.34. The first-order chi connectivity index (χ1) is 14.4. The van der Waals surface area contributed by atoms with Crippen molar-refractivity contribution in [2.24, 2.45) is 0 Å². The van der Waals surface area contributed by atoms with E-state index in [1.165, 1.54) is 18.3 Å². The number of piperidine rings is 1. The molecule has 1 fully saturated rings. The first kappa shape index (κ1) is 21.7. The minimum Gasteiger partial charge on any atom is -0.343 e. The molecular formula is C22H26F2N4O2. The summed E-state index contributed by atoms with van der Waals surface area (Å²) in [5.41, 5.74) is 0.920. The Morgan fingerprint density at radius 2 is 1.80 bits per heavy atom. The first-order valence-corrected chi connectivity index (χ1v) is 10.1. The molecule has 1 aliphatic rings. The van der Waals surface area contributed by atoms with Crippen LogP contribution in [0.15, 0.2) is 36.5 Å². The molecule has 0 saturated carbocycles.